The maximum atomic E-state index is 13.1. The highest BCUT2D eigenvalue weighted by Crippen LogP contribution is 2.35. The van der Waals surface area contributed by atoms with Gasteiger partial charge in [0.2, 0.25) is 0 Å². The fourth-order valence-electron chi connectivity index (χ4n) is 4.64. The average molecular weight is 347 g/mol. The van der Waals surface area contributed by atoms with Crippen molar-refractivity contribution in [1.82, 2.24) is 14.0 Å². The number of piperidine rings is 1. The van der Waals surface area contributed by atoms with E-state index in [1.165, 1.54) is 0 Å². The molecule has 0 saturated carbocycles. The zero-order chi connectivity index (χ0) is 17.8. The van der Waals surface area contributed by atoms with Gasteiger partial charge in [-0.15, -0.1) is 0 Å². The van der Waals surface area contributed by atoms with Crippen LogP contribution in [-0.2, 0) is 13.6 Å². The summed E-state index contributed by atoms with van der Waals surface area (Å²) in [6.45, 7) is 2.12. The molecule has 5 rings (SSSR count). The van der Waals surface area contributed by atoms with Gasteiger partial charge in [-0.1, -0.05) is 12.1 Å². The highest BCUT2D eigenvalue weighted by atomic mass is 16.2. The van der Waals surface area contributed by atoms with Gasteiger partial charge >= 0.3 is 0 Å². The van der Waals surface area contributed by atoms with Crippen molar-refractivity contribution in [2.24, 2.45) is 13.0 Å². The molecular weight excluding hydrogens is 326 g/mol. The van der Waals surface area contributed by atoms with Crippen molar-refractivity contribution in [1.29, 1.82) is 0 Å². The van der Waals surface area contributed by atoms with Gasteiger partial charge in [-0.05, 0) is 42.0 Å². The molecule has 4 heterocycles. The number of hydrogen-bond acceptors (Lipinski definition) is 2. The van der Waals surface area contributed by atoms with Crippen LogP contribution in [0.4, 0.5) is 0 Å². The third-order valence-corrected chi connectivity index (χ3v) is 5.90. The molecule has 0 N–H and O–H groups in total. The van der Waals surface area contributed by atoms with Gasteiger partial charge < -0.3 is 14.0 Å². The number of carbonyl (C=O) groups is 1. The van der Waals surface area contributed by atoms with E-state index in [4.69, 9.17) is 0 Å². The van der Waals surface area contributed by atoms with Gasteiger partial charge in [0.15, 0.2) is 0 Å². The minimum absolute atomic E-state index is 0.0751. The molecule has 5 nitrogen and oxygen atoms in total. The second-order valence-corrected chi connectivity index (χ2v) is 7.61. The van der Waals surface area contributed by atoms with Crippen LogP contribution in [0, 0.1) is 5.92 Å². The summed E-state index contributed by atoms with van der Waals surface area (Å²) in [4.78, 5) is 27.3. The van der Waals surface area contributed by atoms with Crippen LogP contribution < -0.4 is 5.56 Å². The number of aromatic nitrogens is 2. The molecule has 0 radical (unpaired) electrons. The van der Waals surface area contributed by atoms with Gasteiger partial charge in [0.1, 0.15) is 0 Å². The first-order valence-corrected chi connectivity index (χ1v) is 9.14. The Morgan fingerprint density at radius 2 is 1.96 bits per heavy atom. The van der Waals surface area contributed by atoms with E-state index in [0.29, 0.717) is 19.0 Å². The molecular formula is C21H21N3O2. The third-order valence-electron chi connectivity index (χ3n) is 5.90. The molecule has 1 amide bonds. The number of carbonyl (C=O) groups excluding carboxylic acids is 1. The lowest BCUT2D eigenvalue weighted by Gasteiger charge is -2.42. The van der Waals surface area contributed by atoms with Crippen LogP contribution in [0.2, 0.25) is 0 Å². The molecule has 2 aliphatic heterocycles. The van der Waals surface area contributed by atoms with E-state index in [9.17, 15) is 9.59 Å². The van der Waals surface area contributed by atoms with Crippen LogP contribution in [0.1, 0.15) is 28.4 Å². The van der Waals surface area contributed by atoms with Crippen molar-refractivity contribution in [3.8, 4) is 0 Å². The Balaban J connectivity index is 1.47. The summed E-state index contributed by atoms with van der Waals surface area (Å²) in [6.07, 6.45) is 3.07. The largest absolute Gasteiger partial charge is 0.351 e. The van der Waals surface area contributed by atoms with E-state index in [-0.39, 0.29) is 17.4 Å². The summed E-state index contributed by atoms with van der Waals surface area (Å²) in [7, 11) is 2.00. The number of nitrogens with zero attached hydrogens (tertiary/aromatic N) is 3. The second kappa shape index (κ2) is 5.59. The van der Waals surface area contributed by atoms with Crippen molar-refractivity contribution in [3.63, 3.8) is 0 Å². The predicted molar refractivity (Wildman–Crippen MR) is 100 cm³/mol. The Morgan fingerprint density at radius 3 is 2.85 bits per heavy atom. The first kappa shape index (κ1) is 15.4. The fourth-order valence-corrected chi connectivity index (χ4v) is 4.64. The minimum Gasteiger partial charge on any atom is -0.351 e. The third kappa shape index (κ3) is 2.30. The van der Waals surface area contributed by atoms with E-state index < -0.39 is 0 Å². The van der Waals surface area contributed by atoms with E-state index >= 15 is 0 Å². The quantitative estimate of drug-likeness (QED) is 0.679. The molecule has 5 heteroatoms. The summed E-state index contributed by atoms with van der Waals surface area (Å²) in [5.74, 6) is 0.692. The molecule has 0 aliphatic carbocycles. The topological polar surface area (TPSA) is 47.2 Å². The van der Waals surface area contributed by atoms with Crippen molar-refractivity contribution in [3.05, 3.63) is 70.3 Å². The normalized spacial score (nSPS) is 21.7. The highest BCUT2D eigenvalue weighted by molar-refractivity contribution is 5.98. The molecule has 26 heavy (non-hydrogen) atoms. The average Bonchev–Trinajstić information content (AvgIpc) is 3.02. The molecule has 2 bridgehead atoms. The second-order valence-electron chi connectivity index (χ2n) is 7.61. The Bertz CT molecular complexity index is 1080. The summed E-state index contributed by atoms with van der Waals surface area (Å²) in [5.41, 5.74) is 2.96. The summed E-state index contributed by atoms with van der Waals surface area (Å²) < 4.78 is 3.94. The van der Waals surface area contributed by atoms with Crippen LogP contribution in [0.15, 0.2) is 53.5 Å². The SMILES string of the molecule is Cn1ccc2ccc(C(=O)N3CC4CC(C3)c3cccc(=O)n3C4)cc21. The van der Waals surface area contributed by atoms with Crippen molar-refractivity contribution >= 4 is 16.8 Å². The Hall–Kier alpha value is -2.82. The molecule has 2 aliphatic rings. The first-order valence-electron chi connectivity index (χ1n) is 9.14. The summed E-state index contributed by atoms with van der Waals surface area (Å²) >= 11 is 0. The van der Waals surface area contributed by atoms with Gasteiger partial charge in [-0.25, -0.2) is 0 Å². The van der Waals surface area contributed by atoms with E-state index in [0.717, 1.165) is 35.1 Å². The lowest BCUT2D eigenvalue weighted by atomic mass is 9.83. The number of hydrogen-bond donors (Lipinski definition) is 0. The van der Waals surface area contributed by atoms with Crippen molar-refractivity contribution in [2.45, 2.75) is 18.9 Å². The lowest BCUT2D eigenvalue weighted by molar-refractivity contribution is 0.0594. The number of amides is 1. The smallest absolute Gasteiger partial charge is 0.253 e. The number of rotatable bonds is 1. The van der Waals surface area contributed by atoms with Crippen molar-refractivity contribution < 1.29 is 4.79 Å². The molecule has 132 valence electrons. The van der Waals surface area contributed by atoms with Gasteiger partial charge in [0, 0.05) is 61.6 Å². The molecule has 2 unspecified atom stereocenters. The maximum Gasteiger partial charge on any atom is 0.253 e. The lowest BCUT2D eigenvalue weighted by Crippen LogP contribution is -2.49. The van der Waals surface area contributed by atoms with Crippen molar-refractivity contribution in [2.75, 3.05) is 13.1 Å². The van der Waals surface area contributed by atoms with Crippen LogP contribution in [-0.4, -0.2) is 33.0 Å². The van der Waals surface area contributed by atoms with Crippen LogP contribution in [0.25, 0.3) is 10.9 Å². The Kier molecular flexibility index (Phi) is 3.32. The van der Waals surface area contributed by atoms with E-state index in [2.05, 4.69) is 6.07 Å². The fraction of sp³-hybridized carbons (Fsp3) is 0.333. The molecule has 0 spiro atoms. The number of fused-ring (bicyclic) bond motifs is 5. The van der Waals surface area contributed by atoms with Crippen LogP contribution in [0.5, 0.6) is 0 Å². The van der Waals surface area contributed by atoms with Gasteiger partial charge in [-0.3, -0.25) is 9.59 Å². The number of aryl methyl sites for hydroxylation is 1. The molecule has 1 saturated heterocycles. The molecule has 1 aromatic carbocycles. The van der Waals surface area contributed by atoms with Gasteiger partial charge in [0.05, 0.1) is 0 Å². The summed E-state index contributed by atoms with van der Waals surface area (Å²) in [6, 6.07) is 13.5. The maximum absolute atomic E-state index is 13.1. The highest BCUT2D eigenvalue weighted by Gasteiger charge is 2.36. The van der Waals surface area contributed by atoms with Crippen LogP contribution >= 0.6 is 0 Å². The van der Waals surface area contributed by atoms with Gasteiger partial charge in [-0.2, -0.15) is 0 Å². The summed E-state index contributed by atoms with van der Waals surface area (Å²) in [5, 5.41) is 1.15. The zero-order valence-corrected chi connectivity index (χ0v) is 14.8. The van der Waals surface area contributed by atoms with E-state index in [1.807, 2.05) is 57.6 Å². The Morgan fingerprint density at radius 1 is 1.08 bits per heavy atom. The molecule has 1 fully saturated rings. The monoisotopic (exact) mass is 347 g/mol. The minimum atomic E-state index is 0.0751. The number of likely N-dealkylation sites (tertiary alicyclic amines) is 1. The standard InChI is InChI=1S/C21H21N3O2/c1-22-8-7-15-5-6-16(10-19(15)22)21(26)23-11-14-9-17(13-23)18-3-2-4-20(25)24(18)12-14/h2-8,10,14,17H,9,11-13H2,1H3. The predicted octanol–water partition coefficient (Wildman–Crippen LogP) is 2.60. The van der Waals surface area contributed by atoms with Gasteiger partial charge in [0.25, 0.3) is 11.5 Å². The molecule has 2 aromatic heterocycles. The Labute approximate surface area is 151 Å². The molecule has 2 atom stereocenters. The van der Waals surface area contributed by atoms with Crippen LogP contribution in [0.3, 0.4) is 0 Å². The number of benzene rings is 1. The molecule has 3 aromatic rings. The zero-order valence-electron chi connectivity index (χ0n) is 14.8. The number of pyridine rings is 1. The first-order chi connectivity index (χ1) is 12.6. The van der Waals surface area contributed by atoms with E-state index in [1.54, 1.807) is 6.07 Å².